The van der Waals surface area contributed by atoms with Gasteiger partial charge in [-0.15, -0.1) is 11.3 Å². The van der Waals surface area contributed by atoms with E-state index in [0.717, 1.165) is 15.7 Å². The van der Waals surface area contributed by atoms with Crippen LogP contribution in [-0.4, -0.2) is 17.4 Å². The van der Waals surface area contributed by atoms with Gasteiger partial charge in [0.2, 0.25) is 5.91 Å². The average Bonchev–Trinajstić information content (AvgIpc) is 2.77. The second-order valence-electron chi connectivity index (χ2n) is 4.58. The van der Waals surface area contributed by atoms with Gasteiger partial charge in [0, 0.05) is 33.5 Å². The smallest absolute Gasteiger partial charge is 0.231 e. The number of rotatable bonds is 6. The Bertz CT molecular complexity index is 582. The van der Waals surface area contributed by atoms with Crippen LogP contribution in [0.2, 0.25) is 0 Å². The van der Waals surface area contributed by atoms with Crippen molar-refractivity contribution in [1.82, 2.24) is 4.90 Å². The third-order valence-corrected chi connectivity index (χ3v) is 4.45. The summed E-state index contributed by atoms with van der Waals surface area (Å²) in [6.45, 7) is 1.60. The number of halogens is 1. The topological polar surface area (TPSA) is 72.4 Å². The molecule has 1 amide bonds. The summed E-state index contributed by atoms with van der Waals surface area (Å²) in [5, 5.41) is 2.03. The van der Waals surface area contributed by atoms with Crippen LogP contribution in [0.25, 0.3) is 0 Å². The molecule has 0 fully saturated rings. The molecule has 0 aliphatic carbocycles. The number of primary amides is 1. The fourth-order valence-corrected chi connectivity index (χ4v) is 3.42. The minimum Gasteiger partial charge on any atom is -0.399 e. The second kappa shape index (κ2) is 6.88. The molecule has 2 aromatic rings. The number of nitrogen functional groups attached to an aromatic ring is 1. The highest BCUT2D eigenvalue weighted by atomic mass is 79.9. The first kappa shape index (κ1) is 15.0. The van der Waals surface area contributed by atoms with Crippen LogP contribution in [0, 0.1) is 0 Å². The van der Waals surface area contributed by atoms with E-state index in [0.29, 0.717) is 13.1 Å². The van der Waals surface area contributed by atoms with Gasteiger partial charge in [0.1, 0.15) is 0 Å². The van der Waals surface area contributed by atoms with Crippen LogP contribution in [0.4, 0.5) is 5.69 Å². The molecule has 0 saturated heterocycles. The van der Waals surface area contributed by atoms with Gasteiger partial charge in [0.25, 0.3) is 0 Å². The zero-order valence-electron chi connectivity index (χ0n) is 10.9. The molecular weight excluding hydrogens is 338 g/mol. The van der Waals surface area contributed by atoms with Crippen molar-refractivity contribution in [2.45, 2.75) is 13.1 Å². The number of anilines is 1. The van der Waals surface area contributed by atoms with Gasteiger partial charge in [-0.1, -0.05) is 12.1 Å². The Balaban J connectivity index is 2.06. The van der Waals surface area contributed by atoms with E-state index < -0.39 is 0 Å². The highest BCUT2D eigenvalue weighted by Gasteiger charge is 2.11. The van der Waals surface area contributed by atoms with Crippen molar-refractivity contribution in [2.24, 2.45) is 5.73 Å². The molecule has 4 N–H and O–H groups in total. The normalized spacial score (nSPS) is 10.9. The van der Waals surface area contributed by atoms with E-state index >= 15 is 0 Å². The van der Waals surface area contributed by atoms with Gasteiger partial charge in [-0.3, -0.25) is 9.69 Å². The van der Waals surface area contributed by atoms with E-state index in [4.69, 9.17) is 11.5 Å². The number of nitrogens with zero attached hydrogens (tertiary/aromatic N) is 1. The van der Waals surface area contributed by atoms with Crippen molar-refractivity contribution in [3.8, 4) is 0 Å². The van der Waals surface area contributed by atoms with Crippen molar-refractivity contribution < 1.29 is 4.79 Å². The largest absolute Gasteiger partial charge is 0.399 e. The SMILES string of the molecule is NC(=O)CN(Cc1ccc(N)cc1)Cc1cc(Br)cs1. The number of hydrogen-bond donors (Lipinski definition) is 2. The molecule has 0 aliphatic heterocycles. The molecule has 0 spiro atoms. The lowest BCUT2D eigenvalue weighted by Gasteiger charge is -2.20. The highest BCUT2D eigenvalue weighted by molar-refractivity contribution is 9.10. The lowest BCUT2D eigenvalue weighted by molar-refractivity contribution is -0.119. The first-order valence-corrected chi connectivity index (χ1v) is 7.78. The van der Waals surface area contributed by atoms with Gasteiger partial charge in [0.15, 0.2) is 0 Å². The summed E-state index contributed by atoms with van der Waals surface area (Å²) in [4.78, 5) is 14.4. The Labute approximate surface area is 130 Å². The van der Waals surface area contributed by atoms with E-state index in [-0.39, 0.29) is 12.5 Å². The molecule has 1 aromatic carbocycles. The summed E-state index contributed by atoms with van der Waals surface area (Å²) in [5.41, 5.74) is 12.8. The zero-order chi connectivity index (χ0) is 14.5. The Kier molecular flexibility index (Phi) is 5.17. The van der Waals surface area contributed by atoms with Gasteiger partial charge in [0.05, 0.1) is 6.54 Å². The summed E-state index contributed by atoms with van der Waals surface area (Å²) < 4.78 is 1.06. The number of benzene rings is 1. The lowest BCUT2D eigenvalue weighted by atomic mass is 10.2. The molecule has 0 aliphatic rings. The van der Waals surface area contributed by atoms with Gasteiger partial charge in [-0.2, -0.15) is 0 Å². The average molecular weight is 354 g/mol. The van der Waals surface area contributed by atoms with Crippen molar-refractivity contribution in [3.63, 3.8) is 0 Å². The van der Waals surface area contributed by atoms with Crippen molar-refractivity contribution in [3.05, 3.63) is 50.6 Å². The molecular formula is C14H16BrN3OS. The van der Waals surface area contributed by atoms with Crippen LogP contribution in [0.1, 0.15) is 10.4 Å². The van der Waals surface area contributed by atoms with Crippen molar-refractivity contribution in [1.29, 1.82) is 0 Å². The van der Waals surface area contributed by atoms with Crippen molar-refractivity contribution in [2.75, 3.05) is 12.3 Å². The first-order chi connectivity index (χ1) is 9.52. The van der Waals surface area contributed by atoms with E-state index in [9.17, 15) is 4.79 Å². The molecule has 0 saturated carbocycles. The van der Waals surface area contributed by atoms with Gasteiger partial charge in [-0.25, -0.2) is 0 Å². The van der Waals surface area contributed by atoms with Crippen LogP contribution in [-0.2, 0) is 17.9 Å². The molecule has 0 radical (unpaired) electrons. The molecule has 1 heterocycles. The molecule has 0 unspecified atom stereocenters. The molecule has 20 heavy (non-hydrogen) atoms. The Morgan fingerprint density at radius 2 is 1.95 bits per heavy atom. The maximum atomic E-state index is 11.2. The number of nitrogens with two attached hydrogens (primary N) is 2. The maximum absolute atomic E-state index is 11.2. The number of hydrogen-bond acceptors (Lipinski definition) is 4. The van der Waals surface area contributed by atoms with Crippen LogP contribution in [0.15, 0.2) is 40.2 Å². The standard InChI is InChI=1S/C14H16BrN3OS/c15-11-5-13(20-9-11)7-18(8-14(17)19)6-10-1-3-12(16)4-2-10/h1-5,9H,6-8,16H2,(H2,17,19). The Hall–Kier alpha value is -1.37. The molecule has 1 aromatic heterocycles. The summed E-state index contributed by atoms with van der Waals surface area (Å²) >= 11 is 5.09. The summed E-state index contributed by atoms with van der Waals surface area (Å²) in [5.74, 6) is -0.323. The number of thiophene rings is 1. The molecule has 0 bridgehead atoms. The fourth-order valence-electron chi connectivity index (χ4n) is 1.93. The minimum absolute atomic E-state index is 0.236. The minimum atomic E-state index is -0.323. The summed E-state index contributed by atoms with van der Waals surface area (Å²) in [6, 6.07) is 9.71. The third-order valence-electron chi connectivity index (χ3n) is 2.77. The van der Waals surface area contributed by atoms with Crippen LogP contribution in [0.5, 0.6) is 0 Å². The van der Waals surface area contributed by atoms with Gasteiger partial charge in [-0.05, 0) is 39.7 Å². The monoisotopic (exact) mass is 353 g/mol. The van der Waals surface area contributed by atoms with Crippen LogP contribution in [0.3, 0.4) is 0 Å². The van der Waals surface area contributed by atoms with Gasteiger partial charge < -0.3 is 11.5 Å². The predicted octanol–water partition coefficient (Wildman–Crippen LogP) is 2.58. The Morgan fingerprint density at radius 1 is 1.25 bits per heavy atom. The molecule has 2 rings (SSSR count). The molecule has 0 atom stereocenters. The quantitative estimate of drug-likeness (QED) is 0.784. The van der Waals surface area contributed by atoms with E-state index in [1.807, 2.05) is 34.5 Å². The number of amides is 1. The number of carbonyl (C=O) groups is 1. The van der Waals surface area contributed by atoms with Gasteiger partial charge >= 0.3 is 0 Å². The van der Waals surface area contributed by atoms with E-state index in [1.54, 1.807) is 11.3 Å². The maximum Gasteiger partial charge on any atom is 0.231 e. The van der Waals surface area contributed by atoms with E-state index in [2.05, 4.69) is 22.0 Å². The van der Waals surface area contributed by atoms with Crippen molar-refractivity contribution >= 4 is 38.9 Å². The Morgan fingerprint density at radius 3 is 2.50 bits per heavy atom. The lowest BCUT2D eigenvalue weighted by Crippen LogP contribution is -2.32. The van der Waals surface area contributed by atoms with Crippen LogP contribution >= 0.6 is 27.3 Å². The van der Waals surface area contributed by atoms with E-state index in [1.165, 1.54) is 4.88 Å². The first-order valence-electron chi connectivity index (χ1n) is 6.11. The zero-order valence-corrected chi connectivity index (χ0v) is 13.3. The molecule has 6 heteroatoms. The second-order valence-corrected chi connectivity index (χ2v) is 6.50. The molecule has 4 nitrogen and oxygen atoms in total. The summed E-state index contributed by atoms with van der Waals surface area (Å²) in [6.07, 6.45) is 0. The third kappa shape index (κ3) is 4.63. The van der Waals surface area contributed by atoms with Crippen LogP contribution < -0.4 is 11.5 Å². The predicted molar refractivity (Wildman–Crippen MR) is 86.2 cm³/mol. The number of carbonyl (C=O) groups excluding carboxylic acids is 1. The summed E-state index contributed by atoms with van der Waals surface area (Å²) in [7, 11) is 0. The fraction of sp³-hybridized carbons (Fsp3) is 0.214. The highest BCUT2D eigenvalue weighted by Crippen LogP contribution is 2.22. The molecule has 106 valence electrons.